The van der Waals surface area contributed by atoms with Gasteiger partial charge in [0.15, 0.2) is 0 Å². The molecule has 1 aliphatic heterocycles. The first kappa shape index (κ1) is 14.9. The summed E-state index contributed by atoms with van der Waals surface area (Å²) in [6, 6.07) is -0.643. The fourth-order valence-corrected chi connectivity index (χ4v) is 1.94. The Balaban J connectivity index is 2.27. The summed E-state index contributed by atoms with van der Waals surface area (Å²) in [6.45, 7) is 3.22. The van der Waals surface area contributed by atoms with Crippen LogP contribution in [0.3, 0.4) is 0 Å². The van der Waals surface area contributed by atoms with Gasteiger partial charge in [0.05, 0.1) is 13.2 Å². The lowest BCUT2D eigenvalue weighted by atomic mass is 10.1. The number of hydrogen-bond donors (Lipinski definition) is 2. The molecule has 0 aromatic heterocycles. The maximum Gasteiger partial charge on any atom is 0.329 e. The Morgan fingerprint density at radius 3 is 2.78 bits per heavy atom. The van der Waals surface area contributed by atoms with Crippen molar-refractivity contribution < 1.29 is 19.1 Å². The Kier molecular flexibility index (Phi) is 6.67. The van der Waals surface area contributed by atoms with Gasteiger partial charge in [-0.05, 0) is 19.3 Å². The van der Waals surface area contributed by atoms with Crippen LogP contribution in [0.5, 0.6) is 0 Å². The first-order valence-corrected chi connectivity index (χ1v) is 6.30. The molecule has 1 rings (SSSR count). The van der Waals surface area contributed by atoms with Crippen LogP contribution in [0, 0.1) is 0 Å². The summed E-state index contributed by atoms with van der Waals surface area (Å²) in [5.74, 6) is -0.691. The van der Waals surface area contributed by atoms with Gasteiger partial charge in [-0.3, -0.25) is 4.79 Å². The van der Waals surface area contributed by atoms with Crippen LogP contribution in [0.1, 0.15) is 26.2 Å². The minimum absolute atomic E-state index is 0.203. The second-order valence-electron chi connectivity index (χ2n) is 4.42. The molecule has 1 aliphatic rings. The first-order valence-electron chi connectivity index (χ1n) is 6.30. The fraction of sp³-hybridized carbons (Fsp3) is 0.833. The van der Waals surface area contributed by atoms with Gasteiger partial charge in [0.25, 0.3) is 0 Å². The Morgan fingerprint density at radius 1 is 1.44 bits per heavy atom. The lowest BCUT2D eigenvalue weighted by Crippen LogP contribution is -2.48. The average molecular weight is 258 g/mol. The van der Waals surface area contributed by atoms with Crippen LogP contribution in [0.15, 0.2) is 0 Å². The molecule has 1 heterocycles. The summed E-state index contributed by atoms with van der Waals surface area (Å²) >= 11 is 0. The Bertz CT molecular complexity index is 277. The van der Waals surface area contributed by atoms with Crippen LogP contribution in [-0.2, 0) is 19.1 Å². The third-order valence-electron chi connectivity index (χ3n) is 2.86. The zero-order valence-electron chi connectivity index (χ0n) is 11.0. The number of carbonyl (C=O) groups is 2. The quantitative estimate of drug-likeness (QED) is 0.646. The van der Waals surface area contributed by atoms with Crippen molar-refractivity contribution in [2.24, 2.45) is 0 Å². The van der Waals surface area contributed by atoms with Crippen molar-refractivity contribution in [3.63, 3.8) is 0 Å². The maximum atomic E-state index is 11.4. The summed E-state index contributed by atoms with van der Waals surface area (Å²) < 4.78 is 10.2. The average Bonchev–Trinajstić information content (AvgIpc) is 2.37. The highest BCUT2D eigenvalue weighted by molar-refractivity contribution is 5.83. The fourth-order valence-electron chi connectivity index (χ4n) is 1.94. The molecule has 104 valence electrons. The van der Waals surface area contributed by atoms with E-state index in [9.17, 15) is 9.59 Å². The molecule has 1 amide bonds. The third-order valence-corrected chi connectivity index (χ3v) is 2.86. The smallest absolute Gasteiger partial charge is 0.329 e. The van der Waals surface area contributed by atoms with Crippen LogP contribution in [-0.4, -0.2) is 50.8 Å². The molecular weight excluding hydrogens is 236 g/mol. The van der Waals surface area contributed by atoms with Crippen molar-refractivity contribution in [2.75, 3.05) is 26.8 Å². The van der Waals surface area contributed by atoms with E-state index < -0.39 is 12.0 Å². The Hall–Kier alpha value is -1.14. The molecule has 2 unspecified atom stereocenters. The molecular formula is C12H22N2O4. The van der Waals surface area contributed by atoms with Gasteiger partial charge < -0.3 is 20.1 Å². The maximum absolute atomic E-state index is 11.4. The van der Waals surface area contributed by atoms with Crippen molar-refractivity contribution in [2.45, 2.75) is 38.3 Å². The molecule has 0 aromatic rings. The monoisotopic (exact) mass is 258 g/mol. The summed E-state index contributed by atoms with van der Waals surface area (Å²) in [4.78, 5) is 22.4. The van der Waals surface area contributed by atoms with Crippen molar-refractivity contribution >= 4 is 11.9 Å². The van der Waals surface area contributed by atoms with Crippen molar-refractivity contribution in [3.8, 4) is 0 Å². The largest absolute Gasteiger partial charge is 0.467 e. The number of carbonyl (C=O) groups excluding carboxylic acids is 2. The first-order chi connectivity index (χ1) is 8.63. The van der Waals surface area contributed by atoms with E-state index in [0.717, 1.165) is 19.4 Å². The third kappa shape index (κ3) is 5.46. The second-order valence-corrected chi connectivity index (χ2v) is 4.42. The van der Waals surface area contributed by atoms with Gasteiger partial charge in [-0.25, -0.2) is 4.79 Å². The van der Waals surface area contributed by atoms with Gasteiger partial charge in [-0.1, -0.05) is 0 Å². The Morgan fingerprint density at radius 2 is 2.22 bits per heavy atom. The number of methoxy groups -OCH3 is 1. The molecule has 2 N–H and O–H groups in total. The number of esters is 1. The lowest BCUT2D eigenvalue weighted by Gasteiger charge is -2.24. The van der Waals surface area contributed by atoms with E-state index in [2.05, 4.69) is 15.4 Å². The van der Waals surface area contributed by atoms with Crippen molar-refractivity contribution in [3.05, 3.63) is 0 Å². The zero-order valence-corrected chi connectivity index (χ0v) is 11.0. The molecule has 0 aromatic carbocycles. The molecule has 0 saturated carbocycles. The highest BCUT2D eigenvalue weighted by Gasteiger charge is 2.20. The number of nitrogens with one attached hydrogen (secondary N) is 2. The van der Waals surface area contributed by atoms with E-state index in [1.807, 2.05) is 0 Å². The van der Waals surface area contributed by atoms with E-state index in [0.29, 0.717) is 13.1 Å². The predicted octanol–water partition coefficient (Wildman–Crippen LogP) is -0.177. The van der Waals surface area contributed by atoms with E-state index in [4.69, 9.17) is 4.74 Å². The molecule has 1 fully saturated rings. The van der Waals surface area contributed by atoms with Gasteiger partial charge in [0.2, 0.25) is 5.91 Å². The van der Waals surface area contributed by atoms with Gasteiger partial charge >= 0.3 is 5.97 Å². The van der Waals surface area contributed by atoms with Crippen LogP contribution in [0.25, 0.3) is 0 Å². The lowest BCUT2D eigenvalue weighted by molar-refractivity contribution is -0.144. The molecule has 2 atom stereocenters. The van der Waals surface area contributed by atoms with E-state index >= 15 is 0 Å². The standard InChI is InChI=1S/C12H22N2O4/c1-9(15)14-11(12(16)17-2)8-13-7-10-5-3-4-6-18-10/h10-11,13H,3-8H2,1-2H3,(H,14,15). The number of ether oxygens (including phenoxy) is 2. The van der Waals surface area contributed by atoms with E-state index in [-0.39, 0.29) is 12.0 Å². The normalized spacial score (nSPS) is 21.1. The molecule has 1 saturated heterocycles. The van der Waals surface area contributed by atoms with Crippen molar-refractivity contribution in [1.29, 1.82) is 0 Å². The molecule has 0 spiro atoms. The van der Waals surface area contributed by atoms with E-state index in [1.165, 1.54) is 20.5 Å². The summed E-state index contributed by atoms with van der Waals surface area (Å²) in [5, 5.41) is 5.69. The van der Waals surface area contributed by atoms with Crippen molar-refractivity contribution in [1.82, 2.24) is 10.6 Å². The van der Waals surface area contributed by atoms with Crippen LogP contribution in [0.2, 0.25) is 0 Å². The van der Waals surface area contributed by atoms with Gasteiger partial charge in [0, 0.05) is 26.6 Å². The topological polar surface area (TPSA) is 76.7 Å². The summed E-state index contributed by atoms with van der Waals surface area (Å²) in [6.07, 6.45) is 3.54. The van der Waals surface area contributed by atoms with Crippen LogP contribution < -0.4 is 10.6 Å². The molecule has 6 heteroatoms. The molecule has 0 radical (unpaired) electrons. The minimum Gasteiger partial charge on any atom is -0.467 e. The molecule has 0 bridgehead atoms. The van der Waals surface area contributed by atoms with Crippen LogP contribution in [0.4, 0.5) is 0 Å². The zero-order chi connectivity index (χ0) is 13.4. The highest BCUT2D eigenvalue weighted by Crippen LogP contribution is 2.11. The molecule has 0 aliphatic carbocycles. The van der Waals surface area contributed by atoms with Gasteiger partial charge in [0.1, 0.15) is 6.04 Å². The van der Waals surface area contributed by atoms with Crippen LogP contribution >= 0.6 is 0 Å². The summed E-state index contributed by atoms with van der Waals surface area (Å²) in [7, 11) is 1.31. The SMILES string of the molecule is COC(=O)C(CNCC1CCCCO1)NC(C)=O. The second kappa shape index (κ2) is 8.05. The number of amides is 1. The highest BCUT2D eigenvalue weighted by atomic mass is 16.5. The van der Waals surface area contributed by atoms with Gasteiger partial charge in [-0.15, -0.1) is 0 Å². The number of rotatable bonds is 6. The van der Waals surface area contributed by atoms with E-state index in [1.54, 1.807) is 0 Å². The number of hydrogen-bond acceptors (Lipinski definition) is 5. The van der Waals surface area contributed by atoms with Gasteiger partial charge in [-0.2, -0.15) is 0 Å². The minimum atomic E-state index is -0.643. The molecule has 18 heavy (non-hydrogen) atoms. The predicted molar refractivity (Wildman–Crippen MR) is 66.1 cm³/mol. The summed E-state index contributed by atoms with van der Waals surface area (Å²) in [5.41, 5.74) is 0. The Labute approximate surface area is 107 Å². The molecule has 6 nitrogen and oxygen atoms in total.